The Hall–Kier alpha value is -4.25. The first-order valence-corrected chi connectivity index (χ1v) is 13.6. The lowest BCUT2D eigenvalue weighted by Gasteiger charge is -2.34. The SMILES string of the molecule is COC(=O)CN(Cc1cc(OC(F)(F)F)ccc1OC)CC(NC(=O)OC(C)(C)C)C(c1ccccc1)c1ccccc1. The zero-order chi connectivity index (χ0) is 31.6. The third-order valence-electron chi connectivity index (χ3n) is 6.34. The van der Waals surface area contributed by atoms with E-state index in [0.717, 1.165) is 17.2 Å². The van der Waals surface area contributed by atoms with Crippen LogP contribution in [0.5, 0.6) is 11.5 Å². The number of amides is 1. The lowest BCUT2D eigenvalue weighted by molar-refractivity contribution is -0.274. The molecule has 1 atom stereocenters. The van der Waals surface area contributed by atoms with Crippen LogP contribution in [0.1, 0.15) is 43.4 Å². The first-order valence-electron chi connectivity index (χ1n) is 13.6. The van der Waals surface area contributed by atoms with Crippen molar-refractivity contribution in [3.63, 3.8) is 0 Å². The van der Waals surface area contributed by atoms with Gasteiger partial charge in [0.1, 0.15) is 17.1 Å². The average molecular weight is 603 g/mol. The third kappa shape index (κ3) is 10.8. The lowest BCUT2D eigenvalue weighted by Crippen LogP contribution is -2.49. The molecule has 1 amide bonds. The molecule has 0 aliphatic carbocycles. The van der Waals surface area contributed by atoms with Crippen LogP contribution in [0.15, 0.2) is 78.9 Å². The molecule has 11 heteroatoms. The Balaban J connectivity index is 2.07. The van der Waals surface area contributed by atoms with Gasteiger partial charge in [0.25, 0.3) is 0 Å². The molecule has 0 spiro atoms. The standard InChI is InChI=1S/C32H37F3N2O6/c1-31(2,3)43-30(39)36-26(29(22-12-8-6-9-13-22)23-14-10-7-11-15-23)20-37(21-28(38)41-5)19-24-18-25(42-32(33,34)35)16-17-27(24)40-4/h6-18,26,29H,19-21H2,1-5H3,(H,36,39). The maximum Gasteiger partial charge on any atom is 0.573 e. The number of alkyl carbamates (subject to hydrolysis) is 1. The van der Waals surface area contributed by atoms with E-state index in [-0.39, 0.29) is 19.6 Å². The minimum Gasteiger partial charge on any atom is -0.496 e. The molecule has 0 fully saturated rings. The first kappa shape index (κ1) is 33.3. The van der Waals surface area contributed by atoms with Crippen molar-refractivity contribution in [2.75, 3.05) is 27.3 Å². The van der Waals surface area contributed by atoms with Crippen molar-refractivity contribution < 1.29 is 41.7 Å². The highest BCUT2D eigenvalue weighted by atomic mass is 19.4. The number of benzene rings is 3. The van der Waals surface area contributed by atoms with Crippen LogP contribution in [0, 0.1) is 0 Å². The Bertz CT molecular complexity index is 1290. The minimum absolute atomic E-state index is 0.0316. The molecule has 1 N–H and O–H groups in total. The van der Waals surface area contributed by atoms with Crippen LogP contribution >= 0.6 is 0 Å². The van der Waals surface area contributed by atoms with Crippen LogP contribution in [0.3, 0.4) is 0 Å². The fourth-order valence-corrected chi connectivity index (χ4v) is 4.70. The molecule has 1 unspecified atom stereocenters. The molecule has 3 aromatic carbocycles. The number of methoxy groups -OCH3 is 2. The summed E-state index contributed by atoms with van der Waals surface area (Å²) < 4.78 is 59.0. The summed E-state index contributed by atoms with van der Waals surface area (Å²) in [6.45, 7) is 5.07. The summed E-state index contributed by atoms with van der Waals surface area (Å²) in [5.41, 5.74) is 1.35. The van der Waals surface area contributed by atoms with Crippen LogP contribution in [0.4, 0.5) is 18.0 Å². The van der Waals surface area contributed by atoms with Gasteiger partial charge in [0, 0.05) is 24.6 Å². The molecule has 3 aromatic rings. The molecule has 0 radical (unpaired) electrons. The van der Waals surface area contributed by atoms with Gasteiger partial charge in [0.15, 0.2) is 0 Å². The van der Waals surface area contributed by atoms with E-state index in [0.29, 0.717) is 11.3 Å². The van der Waals surface area contributed by atoms with Crippen molar-refractivity contribution in [3.8, 4) is 11.5 Å². The van der Waals surface area contributed by atoms with Crippen molar-refractivity contribution in [2.24, 2.45) is 0 Å². The number of carbonyl (C=O) groups is 2. The summed E-state index contributed by atoms with van der Waals surface area (Å²) in [6.07, 6.45) is -5.55. The van der Waals surface area contributed by atoms with Crippen LogP contribution in [0.25, 0.3) is 0 Å². The second kappa shape index (κ2) is 14.8. The maximum absolute atomic E-state index is 13.1. The fourth-order valence-electron chi connectivity index (χ4n) is 4.70. The summed E-state index contributed by atoms with van der Waals surface area (Å²) in [4.78, 5) is 27.4. The molecule has 0 heterocycles. The van der Waals surface area contributed by atoms with Crippen molar-refractivity contribution in [1.82, 2.24) is 10.2 Å². The summed E-state index contributed by atoms with van der Waals surface area (Å²) in [7, 11) is 2.63. The minimum atomic E-state index is -4.89. The number of nitrogens with one attached hydrogen (secondary N) is 1. The summed E-state index contributed by atoms with van der Waals surface area (Å²) in [6, 6.07) is 22.1. The summed E-state index contributed by atoms with van der Waals surface area (Å²) in [5.74, 6) is -1.11. The highest BCUT2D eigenvalue weighted by Gasteiger charge is 2.33. The van der Waals surface area contributed by atoms with E-state index in [9.17, 15) is 22.8 Å². The average Bonchev–Trinajstić information content (AvgIpc) is 2.92. The van der Waals surface area contributed by atoms with Gasteiger partial charge in [-0.05, 0) is 50.1 Å². The van der Waals surface area contributed by atoms with Gasteiger partial charge in [0.2, 0.25) is 0 Å². The number of ether oxygens (including phenoxy) is 4. The van der Waals surface area contributed by atoms with Gasteiger partial charge >= 0.3 is 18.4 Å². The topological polar surface area (TPSA) is 86.3 Å². The maximum atomic E-state index is 13.1. The second-order valence-electron chi connectivity index (χ2n) is 10.8. The number of alkyl halides is 3. The van der Waals surface area contributed by atoms with E-state index in [1.165, 1.54) is 26.4 Å². The predicted octanol–water partition coefficient (Wildman–Crippen LogP) is 6.29. The van der Waals surface area contributed by atoms with Gasteiger partial charge in [-0.2, -0.15) is 0 Å². The largest absolute Gasteiger partial charge is 0.573 e. The van der Waals surface area contributed by atoms with Crippen LogP contribution in [-0.2, 0) is 20.8 Å². The number of carbonyl (C=O) groups excluding carboxylic acids is 2. The molecule has 43 heavy (non-hydrogen) atoms. The van der Waals surface area contributed by atoms with Crippen molar-refractivity contribution in [2.45, 2.75) is 51.2 Å². The highest BCUT2D eigenvalue weighted by molar-refractivity contribution is 5.71. The van der Waals surface area contributed by atoms with E-state index in [1.54, 1.807) is 25.7 Å². The van der Waals surface area contributed by atoms with E-state index in [2.05, 4.69) is 10.1 Å². The van der Waals surface area contributed by atoms with Gasteiger partial charge in [-0.3, -0.25) is 9.69 Å². The quantitative estimate of drug-likeness (QED) is 0.244. The van der Waals surface area contributed by atoms with E-state index in [1.807, 2.05) is 60.7 Å². The van der Waals surface area contributed by atoms with Crippen LogP contribution < -0.4 is 14.8 Å². The lowest BCUT2D eigenvalue weighted by atomic mass is 9.84. The van der Waals surface area contributed by atoms with Crippen LogP contribution in [0.2, 0.25) is 0 Å². The Morgan fingerprint density at radius 2 is 1.47 bits per heavy atom. The Morgan fingerprint density at radius 1 is 0.884 bits per heavy atom. The monoisotopic (exact) mass is 602 g/mol. The molecule has 3 rings (SSSR count). The number of hydrogen-bond acceptors (Lipinski definition) is 7. The third-order valence-corrected chi connectivity index (χ3v) is 6.34. The fraction of sp³-hybridized carbons (Fsp3) is 0.375. The molecule has 232 valence electrons. The number of hydrogen-bond donors (Lipinski definition) is 1. The molecule has 0 saturated heterocycles. The normalized spacial score (nSPS) is 12.5. The molecular weight excluding hydrogens is 565 g/mol. The number of nitrogens with zero attached hydrogens (tertiary/aromatic N) is 1. The van der Waals surface area contributed by atoms with Crippen molar-refractivity contribution >= 4 is 12.1 Å². The van der Waals surface area contributed by atoms with Gasteiger partial charge in [-0.1, -0.05) is 60.7 Å². The Kier molecular flexibility index (Phi) is 11.4. The Morgan fingerprint density at radius 3 is 1.95 bits per heavy atom. The summed E-state index contributed by atoms with van der Waals surface area (Å²) in [5, 5.41) is 2.99. The second-order valence-corrected chi connectivity index (χ2v) is 10.8. The number of esters is 1. The molecule has 0 bridgehead atoms. The van der Waals surface area contributed by atoms with Gasteiger partial charge in [-0.25, -0.2) is 4.79 Å². The first-order chi connectivity index (χ1) is 20.3. The zero-order valence-corrected chi connectivity index (χ0v) is 24.8. The smallest absolute Gasteiger partial charge is 0.496 e. The van der Waals surface area contributed by atoms with E-state index in [4.69, 9.17) is 14.2 Å². The van der Waals surface area contributed by atoms with Gasteiger partial charge in [-0.15, -0.1) is 13.2 Å². The molecule has 0 aromatic heterocycles. The predicted molar refractivity (Wildman–Crippen MR) is 155 cm³/mol. The Labute approximate surface area is 249 Å². The molecule has 0 aliphatic rings. The molecule has 0 saturated carbocycles. The van der Waals surface area contributed by atoms with E-state index >= 15 is 0 Å². The van der Waals surface area contributed by atoms with Crippen molar-refractivity contribution in [1.29, 1.82) is 0 Å². The van der Waals surface area contributed by atoms with E-state index < -0.39 is 41.7 Å². The zero-order valence-electron chi connectivity index (χ0n) is 24.8. The molecular formula is C32H37F3N2O6. The number of halogens is 3. The molecule has 0 aliphatic heterocycles. The number of rotatable bonds is 12. The van der Waals surface area contributed by atoms with Crippen molar-refractivity contribution in [3.05, 3.63) is 95.6 Å². The van der Waals surface area contributed by atoms with Gasteiger partial charge in [0.05, 0.1) is 26.8 Å². The highest BCUT2D eigenvalue weighted by Crippen LogP contribution is 2.32. The summed E-state index contributed by atoms with van der Waals surface area (Å²) >= 11 is 0. The van der Waals surface area contributed by atoms with Gasteiger partial charge < -0.3 is 24.3 Å². The molecule has 8 nitrogen and oxygen atoms in total. The van der Waals surface area contributed by atoms with Crippen LogP contribution in [-0.4, -0.2) is 62.3 Å².